The molecule has 1 atom stereocenters. The van der Waals surface area contributed by atoms with Crippen molar-refractivity contribution in [2.45, 2.75) is 104 Å². The first-order valence-electron chi connectivity index (χ1n) is 11.6. The van der Waals surface area contributed by atoms with Crippen LogP contribution < -0.4 is 0 Å². The summed E-state index contributed by atoms with van der Waals surface area (Å²) < 4.78 is 5.37. The first-order chi connectivity index (χ1) is 13.3. The van der Waals surface area contributed by atoms with Crippen LogP contribution in [0.5, 0.6) is 0 Å². The van der Waals surface area contributed by atoms with Crippen molar-refractivity contribution >= 4 is 18.5 Å². The average Bonchev–Trinajstić information content (AvgIpc) is 2.70. The van der Waals surface area contributed by atoms with E-state index in [1.165, 1.54) is 57.4 Å². The van der Waals surface area contributed by atoms with Gasteiger partial charge in [-0.3, -0.25) is 0 Å². The molecule has 4 nitrogen and oxygen atoms in total. The molecule has 168 valence electrons. The summed E-state index contributed by atoms with van der Waals surface area (Å²) in [5, 5.41) is 9.15. The zero-order chi connectivity index (χ0) is 21.5. The van der Waals surface area contributed by atoms with Gasteiger partial charge in [0, 0.05) is 0 Å². The summed E-state index contributed by atoms with van der Waals surface area (Å²) in [4.78, 5) is 24.3. The quantitative estimate of drug-likeness (QED) is 0.203. The zero-order valence-electron chi connectivity index (χ0n) is 19.3. The van der Waals surface area contributed by atoms with Crippen LogP contribution in [0, 0.1) is 0 Å². The minimum atomic E-state index is -2.39. The van der Waals surface area contributed by atoms with Gasteiger partial charge in [0.05, 0.1) is 0 Å². The third-order valence-electron chi connectivity index (χ3n) is 6.68. The molecule has 0 bridgehead atoms. The van der Waals surface area contributed by atoms with E-state index in [2.05, 4.69) is 27.7 Å². The molecular formula is C23H47O4P. The Morgan fingerprint density at radius 2 is 1.18 bits per heavy atom. The second-order valence-electron chi connectivity index (χ2n) is 8.71. The molecule has 0 amide bonds. The molecule has 0 aromatic heterocycles. The fourth-order valence-electron chi connectivity index (χ4n) is 5.00. The van der Waals surface area contributed by atoms with E-state index in [0.29, 0.717) is 12.8 Å². The van der Waals surface area contributed by atoms with Crippen LogP contribution in [0.3, 0.4) is 0 Å². The number of aliphatic carboxylic acids is 1. The number of ether oxygens (including phenoxy) is 1. The van der Waals surface area contributed by atoms with Crippen LogP contribution in [0.1, 0.15) is 98.3 Å². The van der Waals surface area contributed by atoms with Crippen LogP contribution in [0.4, 0.5) is 0 Å². The molecule has 0 fully saturated rings. The minimum absolute atomic E-state index is 0.0672. The topological polar surface area (TPSA) is 63.6 Å². The number of hydrogen-bond acceptors (Lipinski definition) is 3. The van der Waals surface area contributed by atoms with E-state index in [1.54, 1.807) is 0 Å². The molecule has 1 N–H and O–H groups in total. The van der Waals surface area contributed by atoms with Crippen LogP contribution in [0.15, 0.2) is 0 Å². The molecule has 0 spiro atoms. The van der Waals surface area contributed by atoms with E-state index in [4.69, 9.17) is 9.84 Å². The molecule has 0 radical (unpaired) electrons. The van der Waals surface area contributed by atoms with Crippen molar-refractivity contribution in [1.29, 1.82) is 0 Å². The molecule has 0 aromatic carbocycles. The Morgan fingerprint density at radius 3 is 1.46 bits per heavy atom. The fourth-order valence-corrected chi connectivity index (χ4v) is 13.9. The van der Waals surface area contributed by atoms with E-state index in [-0.39, 0.29) is 18.0 Å². The molecule has 0 aromatic rings. The molecule has 0 saturated heterocycles. The first kappa shape index (κ1) is 27.4. The van der Waals surface area contributed by atoms with Crippen LogP contribution >= 0.6 is 6.60 Å². The van der Waals surface area contributed by atoms with E-state index in [9.17, 15) is 9.59 Å². The zero-order valence-corrected chi connectivity index (χ0v) is 20.2. The Labute approximate surface area is 174 Å². The summed E-state index contributed by atoms with van der Waals surface area (Å²) in [7, 11) is 1.51. The number of carbonyl (C=O) groups is 2. The number of rotatable bonds is 18. The van der Waals surface area contributed by atoms with E-state index < -0.39 is 12.6 Å². The molecule has 0 aliphatic rings. The van der Waals surface area contributed by atoms with E-state index in [0.717, 1.165) is 25.7 Å². The molecule has 28 heavy (non-hydrogen) atoms. The van der Waals surface area contributed by atoms with Gasteiger partial charge in [-0.15, -0.1) is 0 Å². The summed E-state index contributed by atoms with van der Waals surface area (Å²) in [6.07, 6.45) is 15.3. The maximum absolute atomic E-state index is 13.2. The Morgan fingerprint density at radius 1 is 0.786 bits per heavy atom. The summed E-state index contributed by atoms with van der Waals surface area (Å²) in [5.41, 5.74) is -0.0773. The van der Waals surface area contributed by atoms with Gasteiger partial charge in [0.15, 0.2) is 0 Å². The van der Waals surface area contributed by atoms with Crippen molar-refractivity contribution in [3.63, 3.8) is 0 Å². The Kier molecular flexibility index (Phi) is 14.0. The summed E-state index contributed by atoms with van der Waals surface area (Å²) in [6, 6.07) is 0. The molecule has 0 saturated carbocycles. The van der Waals surface area contributed by atoms with Gasteiger partial charge in [-0.25, -0.2) is 0 Å². The Balaban J connectivity index is 6.29. The van der Waals surface area contributed by atoms with Gasteiger partial charge >= 0.3 is 174 Å². The third-order valence-corrected chi connectivity index (χ3v) is 15.0. The van der Waals surface area contributed by atoms with Gasteiger partial charge < -0.3 is 0 Å². The van der Waals surface area contributed by atoms with Crippen molar-refractivity contribution in [3.05, 3.63) is 0 Å². The molecule has 1 unspecified atom stereocenters. The van der Waals surface area contributed by atoms with Crippen LogP contribution in [0.2, 0.25) is 0 Å². The van der Waals surface area contributed by atoms with Gasteiger partial charge in [-0.05, 0) is 0 Å². The predicted molar refractivity (Wildman–Crippen MR) is 123 cm³/mol. The number of unbranched alkanes of at least 4 members (excludes halogenated alkanes) is 4. The van der Waals surface area contributed by atoms with Crippen molar-refractivity contribution in [3.8, 4) is 0 Å². The molecule has 0 aliphatic heterocycles. The van der Waals surface area contributed by atoms with Gasteiger partial charge in [-0.1, -0.05) is 0 Å². The van der Waals surface area contributed by atoms with Gasteiger partial charge in [-0.2, -0.15) is 0 Å². The molecule has 0 rings (SSSR count). The fraction of sp³-hybridized carbons (Fsp3) is 0.913. The second kappa shape index (κ2) is 14.4. The molecular weight excluding hydrogens is 371 g/mol. The Hall–Kier alpha value is -0.630. The number of methoxy groups -OCH3 is 1. The van der Waals surface area contributed by atoms with Crippen molar-refractivity contribution in [2.24, 2.45) is 0 Å². The molecule has 0 heterocycles. The van der Waals surface area contributed by atoms with Gasteiger partial charge in [0.25, 0.3) is 0 Å². The van der Waals surface area contributed by atoms with E-state index in [1.807, 2.05) is 0 Å². The number of hydrogen-bond donors (Lipinski definition) is 1. The number of carbonyl (C=O) groups excluding carboxylic acids is 1. The monoisotopic (exact) mass is 418 g/mol. The SMILES string of the molecule is CCCCP(CCCC)(CCCC)(CCCC)C(CCCC(=O)O)C(=O)OC. The molecule has 0 aliphatic carbocycles. The number of esters is 1. The number of carboxylic acids is 1. The third kappa shape index (κ3) is 8.01. The maximum atomic E-state index is 13.2. The van der Waals surface area contributed by atoms with Crippen molar-refractivity contribution in [1.82, 2.24) is 0 Å². The first-order valence-corrected chi connectivity index (χ1v) is 14.7. The van der Waals surface area contributed by atoms with E-state index >= 15 is 0 Å². The van der Waals surface area contributed by atoms with Gasteiger partial charge in [0.1, 0.15) is 0 Å². The summed E-state index contributed by atoms with van der Waals surface area (Å²) in [6.45, 7) is 6.57. The van der Waals surface area contributed by atoms with Crippen LogP contribution in [-0.4, -0.2) is 54.5 Å². The van der Waals surface area contributed by atoms with Crippen LogP contribution in [-0.2, 0) is 14.3 Å². The second-order valence-corrected chi connectivity index (χ2v) is 15.3. The van der Waals surface area contributed by atoms with Crippen molar-refractivity contribution < 1.29 is 19.4 Å². The summed E-state index contributed by atoms with van der Waals surface area (Å²) in [5.74, 6) is -0.837. The molecule has 5 heteroatoms. The summed E-state index contributed by atoms with van der Waals surface area (Å²) >= 11 is 0. The van der Waals surface area contributed by atoms with Crippen molar-refractivity contribution in [2.75, 3.05) is 31.8 Å². The number of carboxylic acid groups (broad SMARTS) is 1. The normalized spacial score (nSPS) is 14.2. The standard InChI is InChI=1S/C23H47O4P/c1-6-10-17-28(18-11-7-2,19-12-8-3,20-13-9-4)21(23(26)27-5)15-14-16-22(24)25/h21H,6-20H2,1-5H3,(H,24,25). The Bertz CT molecular complexity index is 406. The van der Waals surface area contributed by atoms with Crippen LogP contribution in [0.25, 0.3) is 0 Å². The van der Waals surface area contributed by atoms with Gasteiger partial charge in [0.2, 0.25) is 0 Å². The predicted octanol–water partition coefficient (Wildman–Crippen LogP) is 6.54. The average molecular weight is 419 g/mol.